The zero-order chi connectivity index (χ0) is 37.0. The van der Waals surface area contributed by atoms with Crippen LogP contribution in [0.15, 0.2) is 140 Å². The molecule has 2 atom stereocenters. The molecule has 0 amide bonds. The van der Waals surface area contributed by atoms with Crippen molar-refractivity contribution < 1.29 is 0 Å². The van der Waals surface area contributed by atoms with Gasteiger partial charge in [0.25, 0.3) is 0 Å². The van der Waals surface area contributed by atoms with Crippen LogP contribution < -0.4 is 0 Å². The van der Waals surface area contributed by atoms with Gasteiger partial charge in [0.2, 0.25) is 0 Å². The van der Waals surface area contributed by atoms with E-state index in [1.165, 1.54) is 117 Å². The minimum Gasteiger partial charge on any atom is -0.314 e. The number of allylic oxidation sites excluding steroid dienone is 11. The Bertz CT molecular complexity index is 2700. The van der Waals surface area contributed by atoms with Gasteiger partial charge in [-0.15, -0.1) is 0 Å². The molecule has 11 rings (SSSR count). The summed E-state index contributed by atoms with van der Waals surface area (Å²) in [6.45, 7) is 0. The number of nitrogens with zero attached hydrogens (tertiary/aromatic N) is 2. The summed E-state index contributed by atoms with van der Waals surface area (Å²) < 4.78 is 5.11. The number of para-hydroxylation sites is 2. The molecule has 2 aromatic heterocycles. The summed E-state index contributed by atoms with van der Waals surface area (Å²) >= 11 is 0. The van der Waals surface area contributed by atoms with Crippen molar-refractivity contribution in [3.8, 4) is 11.4 Å². The standard InChI is InChI=1S/C54H50N2/c1-4-15-37(16-5-1)43-32-44(38-17-6-2-7-18-38)34-46(33-43)56-52-26-13-11-24-48(52)50-36-42(28-30-54(50)56)40-20-14-19-39(31-40)41-27-29-53-49(35-41)47-23-10-12-25-51(47)55(53)45-21-8-3-9-22-45/h3-4,8-9,11-17,20-22,24-26,28,30-34,36,39,41H,1-2,5-7,10,18-19,23,27,29,35H2. The molecule has 6 aromatic rings. The Balaban J connectivity index is 0.964. The molecular formula is C54H50N2. The highest BCUT2D eigenvalue weighted by atomic mass is 15.0. The van der Waals surface area contributed by atoms with E-state index in [9.17, 15) is 0 Å². The molecule has 0 saturated carbocycles. The second-order valence-electron chi connectivity index (χ2n) is 16.8. The molecule has 0 spiro atoms. The normalized spacial score (nSPS) is 20.5. The van der Waals surface area contributed by atoms with Gasteiger partial charge in [-0.1, -0.05) is 91.1 Å². The smallest absolute Gasteiger partial charge is 0.0541 e. The molecule has 2 nitrogen and oxygen atoms in total. The zero-order valence-corrected chi connectivity index (χ0v) is 32.4. The van der Waals surface area contributed by atoms with Crippen LogP contribution >= 0.6 is 0 Å². The number of benzene rings is 4. The van der Waals surface area contributed by atoms with Crippen molar-refractivity contribution in [2.24, 2.45) is 11.8 Å². The first-order chi connectivity index (χ1) is 27.8. The fraction of sp³-hybridized carbons (Fsp3) is 0.259. The Morgan fingerprint density at radius 2 is 1.39 bits per heavy atom. The van der Waals surface area contributed by atoms with Gasteiger partial charge in [-0.2, -0.15) is 0 Å². The van der Waals surface area contributed by atoms with E-state index in [0.717, 1.165) is 32.1 Å². The summed E-state index contributed by atoms with van der Waals surface area (Å²) in [7, 11) is 0. The van der Waals surface area contributed by atoms with Crippen molar-refractivity contribution in [1.82, 2.24) is 9.13 Å². The lowest BCUT2D eigenvalue weighted by Crippen LogP contribution is -2.23. The maximum Gasteiger partial charge on any atom is 0.0541 e. The van der Waals surface area contributed by atoms with Crippen LogP contribution in [-0.4, -0.2) is 9.13 Å². The minimum atomic E-state index is 0.549. The number of rotatable bonds is 6. The van der Waals surface area contributed by atoms with E-state index in [0.29, 0.717) is 11.8 Å². The van der Waals surface area contributed by atoms with E-state index in [2.05, 4.69) is 155 Å². The predicted octanol–water partition coefficient (Wildman–Crippen LogP) is 14.0. The summed E-state index contributed by atoms with van der Waals surface area (Å²) in [5, 5.41) is 2.66. The Labute approximate surface area is 331 Å². The fourth-order valence-corrected chi connectivity index (χ4v) is 10.7. The molecule has 0 bridgehead atoms. The maximum absolute atomic E-state index is 2.63. The molecule has 5 aliphatic carbocycles. The van der Waals surface area contributed by atoms with Gasteiger partial charge in [0.05, 0.1) is 11.0 Å². The van der Waals surface area contributed by atoms with Gasteiger partial charge in [0, 0.05) is 33.5 Å². The second kappa shape index (κ2) is 14.2. The minimum absolute atomic E-state index is 0.549. The lowest BCUT2D eigenvalue weighted by Gasteiger charge is -2.31. The average molecular weight is 727 g/mol. The summed E-state index contributed by atoms with van der Waals surface area (Å²) in [6.07, 6.45) is 36.0. The van der Waals surface area contributed by atoms with Gasteiger partial charge in [-0.25, -0.2) is 0 Å². The predicted molar refractivity (Wildman–Crippen MR) is 237 cm³/mol. The van der Waals surface area contributed by atoms with Crippen molar-refractivity contribution >= 4 is 44.6 Å². The van der Waals surface area contributed by atoms with Crippen LogP contribution in [0.3, 0.4) is 0 Å². The third kappa shape index (κ3) is 5.84. The number of aromatic nitrogens is 2. The molecule has 4 aromatic carbocycles. The number of hydrogen-bond donors (Lipinski definition) is 0. The zero-order valence-electron chi connectivity index (χ0n) is 32.4. The molecule has 2 heteroatoms. The maximum atomic E-state index is 2.63. The summed E-state index contributed by atoms with van der Waals surface area (Å²) in [6, 6.07) is 34.7. The van der Waals surface area contributed by atoms with Crippen LogP contribution in [0, 0.1) is 11.8 Å². The molecule has 0 saturated heterocycles. The van der Waals surface area contributed by atoms with Gasteiger partial charge in [-0.05, 0) is 188 Å². The van der Waals surface area contributed by atoms with Gasteiger partial charge in [-0.3, -0.25) is 0 Å². The van der Waals surface area contributed by atoms with E-state index < -0.39 is 0 Å². The van der Waals surface area contributed by atoms with Crippen LogP contribution in [0.2, 0.25) is 0 Å². The van der Waals surface area contributed by atoms with E-state index in [1.54, 1.807) is 16.8 Å². The van der Waals surface area contributed by atoms with Gasteiger partial charge in [0.15, 0.2) is 0 Å². The molecule has 2 unspecified atom stereocenters. The highest BCUT2D eigenvalue weighted by Gasteiger charge is 2.32. The highest BCUT2D eigenvalue weighted by Crippen LogP contribution is 2.43. The quantitative estimate of drug-likeness (QED) is 0.162. The molecule has 2 heterocycles. The molecule has 0 fully saturated rings. The molecular weight excluding hydrogens is 677 g/mol. The molecule has 5 aliphatic rings. The average Bonchev–Trinajstić information content (AvgIpc) is 3.79. The van der Waals surface area contributed by atoms with Crippen LogP contribution in [-0.2, 0) is 19.3 Å². The topological polar surface area (TPSA) is 9.86 Å². The molecule has 0 N–H and O–H groups in total. The number of hydrogen-bond acceptors (Lipinski definition) is 0. The van der Waals surface area contributed by atoms with Crippen molar-refractivity contribution in [3.63, 3.8) is 0 Å². The Hall–Kier alpha value is -5.60. The summed E-state index contributed by atoms with van der Waals surface area (Å²) in [5.74, 6) is 1.21. The molecule has 0 aliphatic heterocycles. The van der Waals surface area contributed by atoms with E-state index in [1.807, 2.05) is 0 Å². The van der Waals surface area contributed by atoms with Crippen LogP contribution in [0.1, 0.15) is 97.0 Å². The molecule has 276 valence electrons. The van der Waals surface area contributed by atoms with Crippen LogP contribution in [0.25, 0.3) is 56.0 Å². The number of fused-ring (bicyclic) bond motifs is 6. The van der Waals surface area contributed by atoms with E-state index in [4.69, 9.17) is 0 Å². The van der Waals surface area contributed by atoms with E-state index >= 15 is 0 Å². The second-order valence-corrected chi connectivity index (χ2v) is 16.8. The SMILES string of the molecule is C1=CC(c2cc(C3=CCCCC3)cc(-n3c4ccccc4c4cc(C5=CC(C6CCc7c(c8c(n7-c7ccccc7)C=CCC8)C6)CC=C5)ccc43)c2)=CCC1. The molecule has 56 heavy (non-hydrogen) atoms. The van der Waals surface area contributed by atoms with Crippen molar-refractivity contribution in [3.05, 3.63) is 179 Å². The van der Waals surface area contributed by atoms with Crippen LogP contribution in [0.4, 0.5) is 0 Å². The first-order valence-electron chi connectivity index (χ1n) is 21.4. The Morgan fingerprint density at radius 1 is 0.536 bits per heavy atom. The Morgan fingerprint density at radius 3 is 2.29 bits per heavy atom. The highest BCUT2D eigenvalue weighted by molar-refractivity contribution is 6.10. The third-order valence-corrected chi connectivity index (χ3v) is 13.5. The van der Waals surface area contributed by atoms with Crippen molar-refractivity contribution in [2.75, 3.05) is 0 Å². The first-order valence-corrected chi connectivity index (χ1v) is 21.4. The van der Waals surface area contributed by atoms with Gasteiger partial charge in [0.1, 0.15) is 0 Å². The fourth-order valence-electron chi connectivity index (χ4n) is 10.7. The van der Waals surface area contributed by atoms with E-state index in [-0.39, 0.29) is 0 Å². The van der Waals surface area contributed by atoms with Crippen molar-refractivity contribution in [2.45, 2.75) is 77.0 Å². The lowest BCUT2D eigenvalue weighted by molar-refractivity contribution is 0.349. The summed E-state index contributed by atoms with van der Waals surface area (Å²) in [4.78, 5) is 0. The third-order valence-electron chi connectivity index (χ3n) is 13.5. The first kappa shape index (κ1) is 33.7. The largest absolute Gasteiger partial charge is 0.314 e. The monoisotopic (exact) mass is 726 g/mol. The van der Waals surface area contributed by atoms with Gasteiger partial charge >= 0.3 is 0 Å². The van der Waals surface area contributed by atoms with Crippen LogP contribution in [0.5, 0.6) is 0 Å². The summed E-state index contributed by atoms with van der Waals surface area (Å²) in [5.41, 5.74) is 19.6. The van der Waals surface area contributed by atoms with Crippen molar-refractivity contribution in [1.29, 1.82) is 0 Å². The Kier molecular flexibility index (Phi) is 8.53. The lowest BCUT2D eigenvalue weighted by atomic mass is 9.74. The van der Waals surface area contributed by atoms with Gasteiger partial charge < -0.3 is 9.13 Å². The molecule has 0 radical (unpaired) electrons.